The lowest BCUT2D eigenvalue weighted by Gasteiger charge is -2.19. The summed E-state index contributed by atoms with van der Waals surface area (Å²) in [6, 6.07) is 3.29. The molecule has 1 unspecified atom stereocenters. The Kier molecular flexibility index (Phi) is 6.47. The fourth-order valence-electron chi connectivity index (χ4n) is 1.54. The van der Waals surface area contributed by atoms with E-state index in [1.807, 2.05) is 6.26 Å². The number of amides is 1. The summed E-state index contributed by atoms with van der Waals surface area (Å²) in [5, 5.41) is 10.1. The number of hydrogen-bond acceptors (Lipinski definition) is 3. The van der Waals surface area contributed by atoms with Gasteiger partial charge >= 0.3 is 0 Å². The Morgan fingerprint density at radius 3 is 2.58 bits per heavy atom. The second kappa shape index (κ2) is 7.39. The average molecular weight is 322 g/mol. The van der Waals surface area contributed by atoms with Crippen molar-refractivity contribution < 1.29 is 9.90 Å². The molecule has 0 bridgehead atoms. The minimum absolute atomic E-state index is 0.169. The van der Waals surface area contributed by atoms with Gasteiger partial charge in [0.2, 0.25) is 0 Å². The molecule has 106 valence electrons. The van der Waals surface area contributed by atoms with E-state index >= 15 is 0 Å². The molecule has 0 radical (unpaired) electrons. The Morgan fingerprint density at radius 1 is 1.42 bits per heavy atom. The van der Waals surface area contributed by atoms with Crippen molar-refractivity contribution in [1.29, 1.82) is 0 Å². The van der Waals surface area contributed by atoms with E-state index in [0.717, 1.165) is 4.90 Å². The maximum absolute atomic E-state index is 12.3. The first-order chi connectivity index (χ1) is 8.86. The van der Waals surface area contributed by atoms with Crippen molar-refractivity contribution in [3.8, 4) is 0 Å². The smallest absolute Gasteiger partial charge is 0.255 e. The Morgan fingerprint density at radius 2 is 2.05 bits per heavy atom. The minimum Gasteiger partial charge on any atom is -0.393 e. The van der Waals surface area contributed by atoms with Crippen LogP contribution in [0.15, 0.2) is 17.0 Å². The predicted octanol–water partition coefficient (Wildman–Crippen LogP) is 3.56. The first-order valence-corrected chi connectivity index (χ1v) is 7.81. The van der Waals surface area contributed by atoms with Gasteiger partial charge in [-0.3, -0.25) is 4.79 Å². The van der Waals surface area contributed by atoms with E-state index in [-0.39, 0.29) is 5.91 Å². The summed E-state index contributed by atoms with van der Waals surface area (Å²) in [7, 11) is 1.69. The molecule has 1 rings (SSSR count). The molecule has 0 saturated carbocycles. The van der Waals surface area contributed by atoms with Crippen molar-refractivity contribution in [2.75, 3.05) is 19.8 Å². The van der Waals surface area contributed by atoms with E-state index in [4.69, 9.17) is 23.2 Å². The van der Waals surface area contributed by atoms with Gasteiger partial charge in [0.25, 0.3) is 5.91 Å². The molecule has 3 nitrogen and oxygen atoms in total. The zero-order chi connectivity index (χ0) is 14.6. The third kappa shape index (κ3) is 4.56. The standard InChI is InChI=1S/C13H17Cl2NO2S/c1-8(17)4-5-16(2)13(18)9-6-12(19-3)11(15)7-10(9)14/h6-8,17H,4-5H2,1-3H3. The second-order valence-electron chi connectivity index (χ2n) is 4.33. The van der Waals surface area contributed by atoms with E-state index in [1.54, 1.807) is 31.0 Å². The van der Waals surface area contributed by atoms with Crippen LogP contribution in [0.5, 0.6) is 0 Å². The van der Waals surface area contributed by atoms with Gasteiger partial charge in [-0.1, -0.05) is 23.2 Å². The van der Waals surface area contributed by atoms with Gasteiger partial charge in [-0.05, 0) is 31.7 Å². The summed E-state index contributed by atoms with van der Waals surface area (Å²) in [5.74, 6) is -0.169. The van der Waals surface area contributed by atoms with Crippen molar-refractivity contribution in [3.05, 3.63) is 27.7 Å². The first-order valence-electron chi connectivity index (χ1n) is 5.83. The van der Waals surface area contributed by atoms with Gasteiger partial charge in [0, 0.05) is 18.5 Å². The van der Waals surface area contributed by atoms with Crippen molar-refractivity contribution in [2.24, 2.45) is 0 Å². The normalized spacial score (nSPS) is 12.3. The number of aliphatic hydroxyl groups excluding tert-OH is 1. The SMILES string of the molecule is CSc1cc(C(=O)N(C)CCC(C)O)c(Cl)cc1Cl. The molecule has 1 amide bonds. The molecular formula is C13H17Cl2NO2S. The monoisotopic (exact) mass is 321 g/mol. The average Bonchev–Trinajstić information content (AvgIpc) is 2.35. The van der Waals surface area contributed by atoms with Crippen LogP contribution in [0.4, 0.5) is 0 Å². The van der Waals surface area contributed by atoms with Crippen molar-refractivity contribution >= 4 is 40.9 Å². The molecule has 1 N–H and O–H groups in total. The third-order valence-electron chi connectivity index (χ3n) is 2.70. The zero-order valence-electron chi connectivity index (χ0n) is 11.1. The first kappa shape index (κ1) is 16.6. The lowest BCUT2D eigenvalue weighted by atomic mass is 10.2. The number of halogens is 2. The quantitative estimate of drug-likeness (QED) is 0.843. The maximum atomic E-state index is 12.3. The summed E-state index contributed by atoms with van der Waals surface area (Å²) >= 11 is 13.6. The number of thioether (sulfide) groups is 1. The lowest BCUT2D eigenvalue weighted by Crippen LogP contribution is -2.29. The van der Waals surface area contributed by atoms with Crippen LogP contribution in [0.1, 0.15) is 23.7 Å². The highest BCUT2D eigenvalue weighted by atomic mass is 35.5. The van der Waals surface area contributed by atoms with Crippen LogP contribution < -0.4 is 0 Å². The minimum atomic E-state index is -0.433. The summed E-state index contributed by atoms with van der Waals surface area (Å²) in [6.07, 6.45) is 1.99. The molecule has 0 aromatic heterocycles. The van der Waals surface area contributed by atoms with E-state index < -0.39 is 6.10 Å². The van der Waals surface area contributed by atoms with Crippen LogP contribution in [0.3, 0.4) is 0 Å². The Balaban J connectivity index is 2.92. The molecule has 1 atom stereocenters. The second-order valence-corrected chi connectivity index (χ2v) is 5.99. The van der Waals surface area contributed by atoms with Crippen molar-refractivity contribution in [1.82, 2.24) is 4.90 Å². The Hall–Kier alpha value is -0.420. The van der Waals surface area contributed by atoms with E-state index in [1.165, 1.54) is 11.8 Å². The summed E-state index contributed by atoms with van der Waals surface area (Å²) in [6.45, 7) is 2.17. The Bertz CT molecular complexity index is 466. The highest BCUT2D eigenvalue weighted by Crippen LogP contribution is 2.31. The molecular weight excluding hydrogens is 305 g/mol. The molecule has 0 aliphatic carbocycles. The predicted molar refractivity (Wildman–Crippen MR) is 81.5 cm³/mol. The summed E-state index contributed by atoms with van der Waals surface area (Å²) in [5.41, 5.74) is 0.434. The number of hydrogen-bond donors (Lipinski definition) is 1. The van der Waals surface area contributed by atoms with Crippen LogP contribution in [0.25, 0.3) is 0 Å². The summed E-state index contributed by atoms with van der Waals surface area (Å²) in [4.78, 5) is 14.6. The molecule has 1 aromatic carbocycles. The molecule has 1 aromatic rings. The van der Waals surface area contributed by atoms with Gasteiger partial charge in [0.1, 0.15) is 0 Å². The molecule has 0 fully saturated rings. The van der Waals surface area contributed by atoms with Crippen LogP contribution in [0, 0.1) is 0 Å². The van der Waals surface area contributed by atoms with E-state index in [2.05, 4.69) is 0 Å². The van der Waals surface area contributed by atoms with Gasteiger partial charge < -0.3 is 10.0 Å². The molecule has 0 heterocycles. The van der Waals surface area contributed by atoms with Gasteiger partial charge in [-0.2, -0.15) is 0 Å². The van der Waals surface area contributed by atoms with Gasteiger partial charge in [0.15, 0.2) is 0 Å². The maximum Gasteiger partial charge on any atom is 0.255 e. The van der Waals surface area contributed by atoms with Gasteiger partial charge in [0.05, 0.1) is 21.7 Å². The number of carbonyl (C=O) groups excluding carboxylic acids is 1. The number of carbonyl (C=O) groups is 1. The van der Waals surface area contributed by atoms with E-state index in [9.17, 15) is 9.90 Å². The highest BCUT2D eigenvalue weighted by molar-refractivity contribution is 7.98. The van der Waals surface area contributed by atoms with Crippen LogP contribution >= 0.6 is 35.0 Å². The topological polar surface area (TPSA) is 40.5 Å². The number of rotatable bonds is 5. The van der Waals surface area contributed by atoms with E-state index in [0.29, 0.717) is 28.6 Å². The fraction of sp³-hybridized carbons (Fsp3) is 0.462. The lowest BCUT2D eigenvalue weighted by molar-refractivity contribution is 0.0769. The van der Waals surface area contributed by atoms with Crippen LogP contribution in [-0.2, 0) is 0 Å². The number of aliphatic hydroxyl groups is 1. The van der Waals surface area contributed by atoms with Crippen molar-refractivity contribution in [3.63, 3.8) is 0 Å². The Labute approximate surface area is 127 Å². The van der Waals surface area contributed by atoms with Crippen molar-refractivity contribution in [2.45, 2.75) is 24.3 Å². The third-order valence-corrected chi connectivity index (χ3v) is 4.22. The summed E-state index contributed by atoms with van der Waals surface area (Å²) < 4.78 is 0. The molecule has 0 aliphatic rings. The molecule has 0 spiro atoms. The molecule has 0 aliphatic heterocycles. The number of benzene rings is 1. The molecule has 19 heavy (non-hydrogen) atoms. The zero-order valence-corrected chi connectivity index (χ0v) is 13.4. The van der Waals surface area contributed by atoms with Gasteiger partial charge in [-0.25, -0.2) is 0 Å². The fourth-order valence-corrected chi connectivity index (χ4v) is 2.72. The van der Waals surface area contributed by atoms with Gasteiger partial charge in [-0.15, -0.1) is 11.8 Å². The molecule has 0 saturated heterocycles. The number of nitrogens with zero attached hydrogens (tertiary/aromatic N) is 1. The highest BCUT2D eigenvalue weighted by Gasteiger charge is 2.17. The molecule has 6 heteroatoms. The largest absolute Gasteiger partial charge is 0.393 e. The van der Waals surface area contributed by atoms with Crippen LogP contribution in [0.2, 0.25) is 10.0 Å². The van der Waals surface area contributed by atoms with Crippen LogP contribution in [-0.4, -0.2) is 41.9 Å².